The van der Waals surface area contributed by atoms with Crippen molar-refractivity contribution in [1.82, 2.24) is 19.7 Å². The summed E-state index contributed by atoms with van der Waals surface area (Å²) in [6, 6.07) is 10.8. The molecule has 6 heteroatoms. The second-order valence-corrected chi connectivity index (χ2v) is 8.20. The van der Waals surface area contributed by atoms with Crippen LogP contribution in [0.3, 0.4) is 0 Å². The zero-order chi connectivity index (χ0) is 19.1. The Labute approximate surface area is 166 Å². The third-order valence-electron chi connectivity index (χ3n) is 5.17. The van der Waals surface area contributed by atoms with Crippen LogP contribution in [0.25, 0.3) is 0 Å². The predicted molar refractivity (Wildman–Crippen MR) is 110 cm³/mol. The molecule has 1 saturated heterocycles. The van der Waals surface area contributed by atoms with Crippen molar-refractivity contribution in [2.45, 2.75) is 70.1 Å². The molecular formula is C21H30N4OS. The van der Waals surface area contributed by atoms with Crippen molar-refractivity contribution in [2.24, 2.45) is 0 Å². The van der Waals surface area contributed by atoms with E-state index in [1.165, 1.54) is 23.7 Å². The zero-order valence-electron chi connectivity index (χ0n) is 16.4. The first-order chi connectivity index (χ1) is 13.2. The lowest BCUT2D eigenvalue weighted by molar-refractivity contribution is -0.131. The molecule has 0 aliphatic carbocycles. The quantitative estimate of drug-likeness (QED) is 0.644. The van der Waals surface area contributed by atoms with Crippen LogP contribution in [0.4, 0.5) is 0 Å². The highest BCUT2D eigenvalue weighted by Gasteiger charge is 2.24. The Hall–Kier alpha value is -1.82. The fraction of sp³-hybridized carbons (Fsp3) is 0.571. The van der Waals surface area contributed by atoms with E-state index in [0.717, 1.165) is 56.2 Å². The van der Waals surface area contributed by atoms with Gasteiger partial charge in [0.1, 0.15) is 5.82 Å². The number of hydrogen-bond acceptors (Lipinski definition) is 4. The van der Waals surface area contributed by atoms with Crippen LogP contribution in [-0.4, -0.2) is 43.9 Å². The average Bonchev–Trinajstić information content (AvgIpc) is 3.08. The molecule has 5 nitrogen and oxygen atoms in total. The fourth-order valence-corrected chi connectivity index (χ4v) is 4.51. The van der Waals surface area contributed by atoms with E-state index in [9.17, 15) is 4.79 Å². The summed E-state index contributed by atoms with van der Waals surface area (Å²) in [6.45, 7) is 6.11. The number of piperidine rings is 1. The Bertz CT molecular complexity index is 731. The van der Waals surface area contributed by atoms with Gasteiger partial charge < -0.3 is 9.47 Å². The van der Waals surface area contributed by atoms with Gasteiger partial charge in [0.05, 0.1) is 5.75 Å². The Balaban J connectivity index is 1.61. The van der Waals surface area contributed by atoms with Gasteiger partial charge in [0, 0.05) is 25.6 Å². The van der Waals surface area contributed by atoms with E-state index in [2.05, 4.69) is 52.9 Å². The molecule has 0 saturated carbocycles. The molecule has 1 aromatic heterocycles. The molecule has 1 aliphatic heterocycles. The second kappa shape index (κ2) is 9.93. The van der Waals surface area contributed by atoms with E-state index in [1.807, 2.05) is 11.0 Å². The number of benzene rings is 1. The van der Waals surface area contributed by atoms with Crippen LogP contribution in [0.1, 0.15) is 50.9 Å². The van der Waals surface area contributed by atoms with Crippen LogP contribution in [0.2, 0.25) is 0 Å². The summed E-state index contributed by atoms with van der Waals surface area (Å²) in [7, 11) is 0. The molecule has 0 N–H and O–H groups in total. The molecule has 1 aliphatic rings. The van der Waals surface area contributed by atoms with Gasteiger partial charge in [-0.2, -0.15) is 0 Å². The van der Waals surface area contributed by atoms with Crippen molar-refractivity contribution in [2.75, 3.05) is 12.3 Å². The van der Waals surface area contributed by atoms with Crippen molar-refractivity contribution in [1.29, 1.82) is 0 Å². The Morgan fingerprint density at radius 1 is 1.19 bits per heavy atom. The van der Waals surface area contributed by atoms with Crippen LogP contribution in [0.15, 0.2) is 35.5 Å². The summed E-state index contributed by atoms with van der Waals surface area (Å²) in [5, 5.41) is 9.68. The standard InChI is InChI=1S/C21H30N4OS/c1-3-14-25-19(13-12-18-10-5-4-6-11-18)22-23-21(25)27-16-20(26)24-15-8-7-9-17(24)2/h4-6,10-11,17H,3,7-9,12-16H2,1-2H3/t17-/m1/s1. The largest absolute Gasteiger partial charge is 0.339 e. The zero-order valence-corrected chi connectivity index (χ0v) is 17.2. The number of aromatic nitrogens is 3. The monoisotopic (exact) mass is 386 g/mol. The molecule has 0 spiro atoms. The third-order valence-corrected chi connectivity index (χ3v) is 6.12. The number of hydrogen-bond donors (Lipinski definition) is 0. The SMILES string of the molecule is CCCn1c(CCc2ccccc2)nnc1SCC(=O)N1CCCC[C@H]1C. The third kappa shape index (κ3) is 5.34. The van der Waals surface area contributed by atoms with E-state index in [-0.39, 0.29) is 5.91 Å². The molecule has 1 aromatic carbocycles. The maximum atomic E-state index is 12.6. The van der Waals surface area contributed by atoms with E-state index >= 15 is 0 Å². The summed E-state index contributed by atoms with van der Waals surface area (Å²) in [4.78, 5) is 14.7. The predicted octanol–water partition coefficient (Wildman–Crippen LogP) is 3.97. The molecule has 0 radical (unpaired) electrons. The van der Waals surface area contributed by atoms with Gasteiger partial charge in [-0.05, 0) is 44.6 Å². The van der Waals surface area contributed by atoms with Crippen molar-refractivity contribution in [3.05, 3.63) is 41.7 Å². The molecule has 1 atom stereocenters. The van der Waals surface area contributed by atoms with Crippen molar-refractivity contribution in [3.63, 3.8) is 0 Å². The molecule has 2 heterocycles. The first-order valence-corrected chi connectivity index (χ1v) is 11.1. The Morgan fingerprint density at radius 2 is 2.00 bits per heavy atom. The van der Waals surface area contributed by atoms with E-state index in [0.29, 0.717) is 11.8 Å². The van der Waals surface area contributed by atoms with Gasteiger partial charge in [0.2, 0.25) is 5.91 Å². The van der Waals surface area contributed by atoms with E-state index in [4.69, 9.17) is 0 Å². The summed E-state index contributed by atoms with van der Waals surface area (Å²) in [5.41, 5.74) is 1.31. The minimum atomic E-state index is 0.226. The lowest BCUT2D eigenvalue weighted by Crippen LogP contribution is -2.43. The number of amides is 1. The number of nitrogens with zero attached hydrogens (tertiary/aromatic N) is 4. The van der Waals surface area contributed by atoms with Gasteiger partial charge >= 0.3 is 0 Å². The molecule has 0 bridgehead atoms. The Morgan fingerprint density at radius 3 is 2.74 bits per heavy atom. The number of aryl methyl sites for hydroxylation is 2. The highest BCUT2D eigenvalue weighted by molar-refractivity contribution is 7.99. The van der Waals surface area contributed by atoms with Crippen LogP contribution in [0, 0.1) is 0 Å². The highest BCUT2D eigenvalue weighted by Crippen LogP contribution is 2.22. The minimum absolute atomic E-state index is 0.226. The molecule has 146 valence electrons. The Kier molecular flexibility index (Phi) is 7.33. The van der Waals surface area contributed by atoms with Crippen LogP contribution in [-0.2, 0) is 24.2 Å². The lowest BCUT2D eigenvalue weighted by Gasteiger charge is -2.33. The van der Waals surface area contributed by atoms with Crippen molar-refractivity contribution < 1.29 is 4.79 Å². The summed E-state index contributed by atoms with van der Waals surface area (Å²) >= 11 is 1.53. The van der Waals surface area contributed by atoms with Gasteiger partial charge in [0.15, 0.2) is 5.16 Å². The van der Waals surface area contributed by atoms with Crippen LogP contribution < -0.4 is 0 Å². The molecule has 2 aromatic rings. The number of thioether (sulfide) groups is 1. The van der Waals surface area contributed by atoms with Crippen molar-refractivity contribution >= 4 is 17.7 Å². The van der Waals surface area contributed by atoms with E-state index in [1.54, 1.807) is 0 Å². The van der Waals surface area contributed by atoms with Crippen molar-refractivity contribution in [3.8, 4) is 0 Å². The summed E-state index contributed by atoms with van der Waals surface area (Å²) < 4.78 is 2.19. The lowest BCUT2D eigenvalue weighted by atomic mass is 10.0. The van der Waals surface area contributed by atoms with Gasteiger partial charge in [-0.25, -0.2) is 0 Å². The normalized spacial score (nSPS) is 17.3. The topological polar surface area (TPSA) is 51.0 Å². The molecule has 3 rings (SSSR count). The van der Waals surface area contributed by atoms with Gasteiger partial charge in [-0.3, -0.25) is 4.79 Å². The number of carbonyl (C=O) groups is 1. The molecular weight excluding hydrogens is 356 g/mol. The van der Waals surface area contributed by atoms with Crippen LogP contribution >= 0.6 is 11.8 Å². The number of likely N-dealkylation sites (tertiary alicyclic amines) is 1. The maximum Gasteiger partial charge on any atom is 0.233 e. The summed E-state index contributed by atoms with van der Waals surface area (Å²) in [5.74, 6) is 1.69. The molecule has 1 fully saturated rings. The number of carbonyl (C=O) groups excluding carboxylic acids is 1. The molecule has 0 unspecified atom stereocenters. The van der Waals surface area contributed by atoms with Gasteiger partial charge in [-0.15, -0.1) is 10.2 Å². The van der Waals surface area contributed by atoms with E-state index < -0.39 is 0 Å². The smallest absolute Gasteiger partial charge is 0.233 e. The second-order valence-electron chi connectivity index (χ2n) is 7.26. The first kappa shape index (κ1) is 19.9. The molecule has 1 amide bonds. The summed E-state index contributed by atoms with van der Waals surface area (Å²) in [6.07, 6.45) is 6.32. The van der Waals surface area contributed by atoms with Crippen LogP contribution in [0.5, 0.6) is 0 Å². The first-order valence-electron chi connectivity index (χ1n) is 10.1. The van der Waals surface area contributed by atoms with Gasteiger partial charge in [-0.1, -0.05) is 49.0 Å². The van der Waals surface area contributed by atoms with Gasteiger partial charge in [0.25, 0.3) is 0 Å². The maximum absolute atomic E-state index is 12.6. The molecule has 27 heavy (non-hydrogen) atoms. The average molecular weight is 387 g/mol. The minimum Gasteiger partial charge on any atom is -0.339 e. The highest BCUT2D eigenvalue weighted by atomic mass is 32.2. The number of rotatable bonds is 8. The fourth-order valence-electron chi connectivity index (χ4n) is 3.64.